The van der Waals surface area contributed by atoms with Gasteiger partial charge in [-0.3, -0.25) is 9.89 Å². The van der Waals surface area contributed by atoms with Crippen molar-refractivity contribution < 1.29 is 4.79 Å². The molecule has 0 saturated heterocycles. The number of carbonyl (C=O) groups excluding carboxylic acids is 1. The van der Waals surface area contributed by atoms with Crippen molar-refractivity contribution in [2.24, 2.45) is 0 Å². The second kappa shape index (κ2) is 4.12. The number of hydrogen-bond donors (Lipinski definition) is 3. The maximum absolute atomic E-state index is 12.4. The van der Waals surface area contributed by atoms with E-state index in [9.17, 15) is 4.79 Å². The minimum atomic E-state index is -0.402. The van der Waals surface area contributed by atoms with Crippen LogP contribution in [-0.4, -0.2) is 16.1 Å². The predicted octanol–water partition coefficient (Wildman–Crippen LogP) is 1.97. The van der Waals surface area contributed by atoms with E-state index in [4.69, 9.17) is 5.73 Å². The van der Waals surface area contributed by atoms with Crippen LogP contribution < -0.4 is 11.1 Å². The lowest BCUT2D eigenvalue weighted by Crippen LogP contribution is -2.28. The van der Waals surface area contributed by atoms with Gasteiger partial charge < -0.3 is 11.1 Å². The number of benzene rings is 1. The summed E-state index contributed by atoms with van der Waals surface area (Å²) in [6.07, 6.45) is 1.73. The average Bonchev–Trinajstić information content (AvgIpc) is 3.19. The van der Waals surface area contributed by atoms with E-state index in [1.165, 1.54) is 0 Å². The number of nitrogens with one attached hydrogen (secondary N) is 2. The Morgan fingerprint density at radius 3 is 2.58 bits per heavy atom. The molecule has 1 amide bonds. The largest absolute Gasteiger partial charge is 0.394 e. The molecule has 19 heavy (non-hydrogen) atoms. The fraction of sp³-hybridized carbons (Fsp3) is 0.286. The first-order valence-corrected chi connectivity index (χ1v) is 6.31. The summed E-state index contributed by atoms with van der Waals surface area (Å²) in [6, 6.07) is 9.84. The van der Waals surface area contributed by atoms with E-state index in [-0.39, 0.29) is 5.91 Å². The highest BCUT2D eigenvalue weighted by atomic mass is 16.2. The first-order chi connectivity index (χ1) is 9.13. The molecule has 1 aromatic heterocycles. The first kappa shape index (κ1) is 11.8. The molecule has 0 spiro atoms. The van der Waals surface area contributed by atoms with Gasteiger partial charge >= 0.3 is 0 Å². The summed E-state index contributed by atoms with van der Waals surface area (Å²) in [5, 5.41) is 9.60. The van der Waals surface area contributed by atoms with Gasteiger partial charge in [0.25, 0.3) is 0 Å². The second-order valence-electron chi connectivity index (χ2n) is 5.01. The molecule has 4 N–H and O–H groups in total. The van der Waals surface area contributed by atoms with E-state index in [1.807, 2.05) is 37.3 Å². The van der Waals surface area contributed by atoms with E-state index < -0.39 is 5.41 Å². The van der Waals surface area contributed by atoms with Crippen LogP contribution in [0.5, 0.6) is 0 Å². The van der Waals surface area contributed by atoms with Crippen LogP contribution in [0.3, 0.4) is 0 Å². The normalized spacial score (nSPS) is 16.1. The molecule has 1 aromatic carbocycles. The minimum Gasteiger partial charge on any atom is -0.394 e. The summed E-state index contributed by atoms with van der Waals surface area (Å²) in [4.78, 5) is 12.4. The van der Waals surface area contributed by atoms with Crippen LogP contribution in [-0.2, 0) is 10.2 Å². The van der Waals surface area contributed by atoms with Crippen LogP contribution in [0, 0.1) is 6.92 Å². The molecule has 1 heterocycles. The Bertz CT molecular complexity index is 614. The molecule has 0 unspecified atom stereocenters. The predicted molar refractivity (Wildman–Crippen MR) is 73.7 cm³/mol. The van der Waals surface area contributed by atoms with E-state index in [0.29, 0.717) is 11.5 Å². The molecular weight excluding hydrogens is 240 g/mol. The highest BCUT2D eigenvalue weighted by molar-refractivity contribution is 6.02. The van der Waals surface area contributed by atoms with Gasteiger partial charge in [-0.1, -0.05) is 30.3 Å². The molecule has 98 valence electrons. The average molecular weight is 256 g/mol. The Morgan fingerprint density at radius 1 is 1.37 bits per heavy atom. The van der Waals surface area contributed by atoms with Crippen LogP contribution in [0.4, 0.5) is 11.5 Å². The molecule has 5 nitrogen and oxygen atoms in total. The van der Waals surface area contributed by atoms with Gasteiger partial charge in [-0.15, -0.1) is 0 Å². The summed E-state index contributed by atoms with van der Waals surface area (Å²) in [7, 11) is 0. The van der Waals surface area contributed by atoms with Gasteiger partial charge in [0.2, 0.25) is 5.91 Å². The first-order valence-electron chi connectivity index (χ1n) is 6.31. The molecule has 1 aliphatic carbocycles. The summed E-state index contributed by atoms with van der Waals surface area (Å²) in [6.45, 7) is 1.82. The highest BCUT2D eigenvalue weighted by Crippen LogP contribution is 2.49. The number of amides is 1. The summed E-state index contributed by atoms with van der Waals surface area (Å²) in [5.74, 6) is 0.390. The molecule has 1 saturated carbocycles. The van der Waals surface area contributed by atoms with Crippen molar-refractivity contribution in [2.45, 2.75) is 25.2 Å². The van der Waals surface area contributed by atoms with Gasteiger partial charge in [0, 0.05) is 0 Å². The SMILES string of the molecule is Cc1[nH]nc(NC(=O)C2(c3ccccc3)CC2)c1N. The second-order valence-corrected chi connectivity index (χ2v) is 5.01. The van der Waals surface area contributed by atoms with Gasteiger partial charge in [0.1, 0.15) is 0 Å². The number of nitrogens with zero attached hydrogens (tertiary/aromatic N) is 1. The third-order valence-electron chi connectivity index (χ3n) is 3.74. The zero-order valence-electron chi connectivity index (χ0n) is 10.7. The van der Waals surface area contributed by atoms with Gasteiger partial charge in [0.05, 0.1) is 16.8 Å². The number of nitrogen functional groups attached to an aromatic ring is 1. The Balaban J connectivity index is 1.83. The zero-order valence-corrected chi connectivity index (χ0v) is 10.7. The van der Waals surface area contributed by atoms with Crippen molar-refractivity contribution in [3.8, 4) is 0 Å². The molecule has 1 fully saturated rings. The van der Waals surface area contributed by atoms with E-state index in [0.717, 1.165) is 24.1 Å². The lowest BCUT2D eigenvalue weighted by atomic mass is 9.95. The molecule has 0 bridgehead atoms. The number of aromatic amines is 1. The lowest BCUT2D eigenvalue weighted by molar-refractivity contribution is -0.118. The maximum atomic E-state index is 12.4. The Kier molecular flexibility index (Phi) is 2.55. The Morgan fingerprint density at radius 2 is 2.05 bits per heavy atom. The summed E-state index contributed by atoms with van der Waals surface area (Å²) >= 11 is 0. The molecule has 0 aliphatic heterocycles. The molecule has 3 rings (SSSR count). The van der Waals surface area contributed by atoms with Crippen molar-refractivity contribution in [1.82, 2.24) is 10.2 Å². The zero-order chi connectivity index (χ0) is 13.5. The summed E-state index contributed by atoms with van der Waals surface area (Å²) < 4.78 is 0. The topological polar surface area (TPSA) is 83.8 Å². The van der Waals surface area contributed by atoms with E-state index in [2.05, 4.69) is 15.5 Å². The molecule has 5 heteroatoms. The number of aryl methyl sites for hydroxylation is 1. The van der Waals surface area contributed by atoms with Crippen LogP contribution in [0.15, 0.2) is 30.3 Å². The molecule has 2 aromatic rings. The smallest absolute Gasteiger partial charge is 0.236 e. The maximum Gasteiger partial charge on any atom is 0.236 e. The number of rotatable bonds is 3. The van der Waals surface area contributed by atoms with Gasteiger partial charge in [-0.2, -0.15) is 5.10 Å². The number of H-pyrrole nitrogens is 1. The molecule has 0 atom stereocenters. The summed E-state index contributed by atoms with van der Waals surface area (Å²) in [5.41, 5.74) is 7.76. The van der Waals surface area contributed by atoms with E-state index >= 15 is 0 Å². The minimum absolute atomic E-state index is 0.0306. The lowest BCUT2D eigenvalue weighted by Gasteiger charge is -2.14. The standard InChI is InChI=1S/C14H16N4O/c1-9-11(15)12(18-17-9)16-13(19)14(7-8-14)10-5-3-2-4-6-10/h2-6H,7-8,15H2,1H3,(H2,16,17,18,19). The third kappa shape index (κ3) is 1.87. The fourth-order valence-corrected chi connectivity index (χ4v) is 2.29. The van der Waals surface area contributed by atoms with Crippen LogP contribution in [0.2, 0.25) is 0 Å². The third-order valence-corrected chi connectivity index (χ3v) is 3.74. The van der Waals surface area contributed by atoms with Gasteiger partial charge in [-0.25, -0.2) is 0 Å². The van der Waals surface area contributed by atoms with Crippen molar-refractivity contribution in [3.05, 3.63) is 41.6 Å². The Labute approximate surface area is 111 Å². The van der Waals surface area contributed by atoms with Gasteiger partial charge in [0.15, 0.2) is 5.82 Å². The van der Waals surface area contributed by atoms with Crippen molar-refractivity contribution in [2.75, 3.05) is 11.1 Å². The fourth-order valence-electron chi connectivity index (χ4n) is 2.29. The van der Waals surface area contributed by atoms with Gasteiger partial charge in [-0.05, 0) is 25.3 Å². The Hall–Kier alpha value is -2.30. The van der Waals surface area contributed by atoms with Crippen LogP contribution in [0.1, 0.15) is 24.1 Å². The highest BCUT2D eigenvalue weighted by Gasteiger charge is 2.51. The quantitative estimate of drug-likeness (QED) is 0.785. The van der Waals surface area contributed by atoms with Crippen molar-refractivity contribution in [3.63, 3.8) is 0 Å². The van der Waals surface area contributed by atoms with E-state index in [1.54, 1.807) is 0 Å². The van der Waals surface area contributed by atoms with Crippen LogP contribution in [0.25, 0.3) is 0 Å². The van der Waals surface area contributed by atoms with Crippen molar-refractivity contribution >= 4 is 17.4 Å². The molecular formula is C14H16N4O. The van der Waals surface area contributed by atoms with Crippen LogP contribution >= 0.6 is 0 Å². The van der Waals surface area contributed by atoms with Crippen molar-refractivity contribution in [1.29, 1.82) is 0 Å². The molecule has 0 radical (unpaired) electrons. The number of carbonyl (C=O) groups is 1. The number of nitrogens with two attached hydrogens (primary N) is 1. The monoisotopic (exact) mass is 256 g/mol. The molecule has 1 aliphatic rings. The number of hydrogen-bond acceptors (Lipinski definition) is 3. The number of anilines is 2. The number of aromatic nitrogens is 2.